The summed E-state index contributed by atoms with van der Waals surface area (Å²) >= 11 is 0. The fraction of sp³-hybridized carbons (Fsp3) is 0.391. The molecule has 1 saturated heterocycles. The molecule has 0 bridgehead atoms. The first-order valence-electron chi connectivity index (χ1n) is 9.88. The molecule has 0 aromatic heterocycles. The second-order valence-corrected chi connectivity index (χ2v) is 7.49. The van der Waals surface area contributed by atoms with Gasteiger partial charge in [-0.25, -0.2) is 5.06 Å². The van der Waals surface area contributed by atoms with Crippen molar-refractivity contribution in [2.24, 2.45) is 0 Å². The third kappa shape index (κ3) is 5.21. The van der Waals surface area contributed by atoms with Crippen molar-refractivity contribution < 1.29 is 9.63 Å². The lowest BCUT2D eigenvalue weighted by Crippen LogP contribution is -2.28. The maximum absolute atomic E-state index is 12.2. The molecule has 0 spiro atoms. The maximum Gasteiger partial charge on any atom is 0.277 e. The third-order valence-corrected chi connectivity index (χ3v) is 5.43. The lowest BCUT2D eigenvalue weighted by atomic mass is 9.97. The van der Waals surface area contributed by atoms with E-state index < -0.39 is 0 Å². The molecule has 2 aromatic rings. The van der Waals surface area contributed by atoms with Gasteiger partial charge in [-0.05, 0) is 61.4 Å². The molecule has 1 heterocycles. The molecular weight excluding hydrogens is 364 g/mol. The monoisotopic (exact) mass is 392 g/mol. The fourth-order valence-electron chi connectivity index (χ4n) is 3.61. The van der Waals surface area contributed by atoms with E-state index >= 15 is 0 Å². The molecule has 1 aliphatic rings. The van der Waals surface area contributed by atoms with Crippen LogP contribution in [-0.2, 0) is 11.4 Å². The Labute approximate surface area is 172 Å². The van der Waals surface area contributed by atoms with E-state index in [4.69, 9.17) is 4.84 Å². The van der Waals surface area contributed by atoms with Gasteiger partial charge >= 0.3 is 0 Å². The minimum Gasteiger partial charge on any atom is -0.305 e. The largest absolute Gasteiger partial charge is 0.305 e. The van der Waals surface area contributed by atoms with Crippen LogP contribution in [0, 0.1) is 11.3 Å². The summed E-state index contributed by atoms with van der Waals surface area (Å²) in [5, 5.41) is 10.9. The average Bonchev–Trinajstić information content (AvgIpc) is 2.96. The second-order valence-electron chi connectivity index (χ2n) is 7.49. The van der Waals surface area contributed by atoms with Gasteiger partial charge in [0.2, 0.25) is 0 Å². The number of amides is 1. The third-order valence-electron chi connectivity index (χ3n) is 5.43. The summed E-state index contributed by atoms with van der Waals surface area (Å²) in [4.78, 5) is 21.9. The van der Waals surface area contributed by atoms with E-state index in [1.54, 1.807) is 19.2 Å². The molecule has 1 fully saturated rings. The van der Waals surface area contributed by atoms with Crippen molar-refractivity contribution in [2.75, 3.05) is 47.4 Å². The zero-order valence-corrected chi connectivity index (χ0v) is 17.4. The summed E-state index contributed by atoms with van der Waals surface area (Å²) in [5.41, 5.74) is 4.15. The van der Waals surface area contributed by atoms with Crippen LogP contribution in [0.2, 0.25) is 0 Å². The maximum atomic E-state index is 12.2. The highest BCUT2D eigenvalue weighted by Gasteiger charge is 2.15. The van der Waals surface area contributed by atoms with Crippen LogP contribution >= 0.6 is 0 Å². The zero-order chi connectivity index (χ0) is 20.8. The summed E-state index contributed by atoms with van der Waals surface area (Å²) in [6, 6.07) is 15.7. The average molecular weight is 393 g/mol. The predicted octanol–water partition coefficient (Wildman–Crippen LogP) is 3.00. The van der Waals surface area contributed by atoms with E-state index in [1.807, 2.05) is 24.3 Å². The van der Waals surface area contributed by atoms with Gasteiger partial charge in [-0.3, -0.25) is 14.5 Å². The molecule has 0 atom stereocenters. The highest BCUT2D eigenvalue weighted by Crippen LogP contribution is 2.26. The lowest BCUT2D eigenvalue weighted by Gasteiger charge is -2.20. The normalized spacial score (nSPS) is 15.5. The molecule has 0 unspecified atom stereocenters. The number of likely N-dealkylation sites (N-methyl/N-ethyl adjacent to an activating group) is 1. The van der Waals surface area contributed by atoms with Gasteiger partial charge in [0.25, 0.3) is 5.91 Å². The van der Waals surface area contributed by atoms with Gasteiger partial charge in [0.05, 0.1) is 18.7 Å². The number of hydroxylamine groups is 2. The molecule has 6 nitrogen and oxygen atoms in total. The van der Waals surface area contributed by atoms with Crippen LogP contribution in [-0.4, -0.2) is 68.2 Å². The number of hydrogen-bond donors (Lipinski definition) is 0. The van der Waals surface area contributed by atoms with E-state index in [0.717, 1.165) is 49.4 Å². The van der Waals surface area contributed by atoms with Gasteiger partial charge in [-0.1, -0.05) is 24.3 Å². The highest BCUT2D eigenvalue weighted by molar-refractivity contribution is 5.94. The minimum atomic E-state index is -0.210. The first-order chi connectivity index (χ1) is 14.0. The second kappa shape index (κ2) is 9.66. The first-order valence-corrected chi connectivity index (χ1v) is 9.88. The predicted molar refractivity (Wildman–Crippen MR) is 113 cm³/mol. The Bertz CT molecular complexity index is 889. The van der Waals surface area contributed by atoms with Crippen molar-refractivity contribution in [3.8, 4) is 17.2 Å². The van der Waals surface area contributed by atoms with Gasteiger partial charge in [0.15, 0.2) is 0 Å². The van der Waals surface area contributed by atoms with E-state index in [9.17, 15) is 10.1 Å². The molecule has 3 rings (SSSR count). The van der Waals surface area contributed by atoms with Gasteiger partial charge < -0.3 is 4.90 Å². The molecule has 0 aliphatic carbocycles. The van der Waals surface area contributed by atoms with Crippen LogP contribution in [0.25, 0.3) is 11.1 Å². The summed E-state index contributed by atoms with van der Waals surface area (Å²) < 4.78 is 0. The van der Waals surface area contributed by atoms with Crippen LogP contribution in [0.3, 0.4) is 0 Å². The summed E-state index contributed by atoms with van der Waals surface area (Å²) in [6.45, 7) is 5.20. The quantitative estimate of drug-likeness (QED) is 0.732. The molecule has 2 aromatic carbocycles. The number of nitrogens with zero attached hydrogens (tertiary/aromatic N) is 4. The van der Waals surface area contributed by atoms with Crippen LogP contribution in [0.1, 0.15) is 27.9 Å². The van der Waals surface area contributed by atoms with E-state index in [2.05, 4.69) is 29.0 Å². The van der Waals surface area contributed by atoms with Crippen molar-refractivity contribution >= 4 is 5.91 Å². The number of carbonyl (C=O) groups is 1. The highest BCUT2D eigenvalue weighted by atomic mass is 16.7. The Morgan fingerprint density at radius 1 is 1.14 bits per heavy atom. The molecule has 0 N–H and O–H groups in total. The molecule has 0 radical (unpaired) electrons. The van der Waals surface area contributed by atoms with Crippen molar-refractivity contribution in [2.45, 2.75) is 13.0 Å². The van der Waals surface area contributed by atoms with E-state index in [-0.39, 0.29) is 5.91 Å². The zero-order valence-electron chi connectivity index (χ0n) is 17.4. The van der Waals surface area contributed by atoms with Gasteiger partial charge in [0, 0.05) is 32.2 Å². The lowest BCUT2D eigenvalue weighted by molar-refractivity contribution is -0.0756. The van der Waals surface area contributed by atoms with Crippen molar-refractivity contribution in [3.05, 3.63) is 59.2 Å². The molecule has 1 amide bonds. The van der Waals surface area contributed by atoms with Gasteiger partial charge in [-0.2, -0.15) is 5.26 Å². The van der Waals surface area contributed by atoms with Crippen molar-refractivity contribution in [1.29, 1.82) is 5.26 Å². The Morgan fingerprint density at radius 2 is 1.90 bits per heavy atom. The molecule has 0 saturated carbocycles. The Morgan fingerprint density at radius 3 is 2.59 bits per heavy atom. The number of nitriles is 1. The van der Waals surface area contributed by atoms with Crippen molar-refractivity contribution in [1.82, 2.24) is 14.9 Å². The summed E-state index contributed by atoms with van der Waals surface area (Å²) in [6.07, 6.45) is 1.17. The molecule has 29 heavy (non-hydrogen) atoms. The van der Waals surface area contributed by atoms with Crippen LogP contribution in [0.5, 0.6) is 0 Å². The fourth-order valence-corrected chi connectivity index (χ4v) is 3.61. The molecule has 1 aliphatic heterocycles. The van der Waals surface area contributed by atoms with Crippen LogP contribution in [0.15, 0.2) is 42.5 Å². The Kier molecular flexibility index (Phi) is 6.99. The molecule has 6 heteroatoms. The molecule has 152 valence electrons. The van der Waals surface area contributed by atoms with Gasteiger partial charge in [0.1, 0.15) is 0 Å². The number of rotatable bonds is 5. The Hall–Kier alpha value is -2.72. The van der Waals surface area contributed by atoms with E-state index in [1.165, 1.54) is 18.6 Å². The number of hydrogen-bond acceptors (Lipinski definition) is 5. The number of carbonyl (C=O) groups excluding carboxylic acids is 1. The smallest absolute Gasteiger partial charge is 0.277 e. The minimum absolute atomic E-state index is 0.210. The van der Waals surface area contributed by atoms with Crippen LogP contribution < -0.4 is 0 Å². The molecular formula is C23H28N4O2. The van der Waals surface area contributed by atoms with Gasteiger partial charge in [-0.15, -0.1) is 0 Å². The topological polar surface area (TPSA) is 59.8 Å². The SMILES string of the molecule is CON(C)C(=O)c1ccc(-c2ccc(CN3CCCN(C)CC3)cc2C#N)cc1. The Balaban J connectivity index is 1.77. The number of benzene rings is 2. The first kappa shape index (κ1) is 21.0. The summed E-state index contributed by atoms with van der Waals surface area (Å²) in [5.74, 6) is -0.210. The summed E-state index contributed by atoms with van der Waals surface area (Å²) in [7, 11) is 5.19. The van der Waals surface area contributed by atoms with Crippen molar-refractivity contribution in [3.63, 3.8) is 0 Å². The van der Waals surface area contributed by atoms with Crippen LogP contribution in [0.4, 0.5) is 0 Å². The van der Waals surface area contributed by atoms with E-state index in [0.29, 0.717) is 11.1 Å². The standard InChI is InChI=1S/C23H28N4O2/c1-25-11-4-12-27(14-13-25)17-18-5-10-22(21(15-18)16-24)19-6-8-20(9-7-19)23(28)26(2)29-3/h5-10,15H,4,11-14,17H2,1-3H3.